The number of hydrogen-bond donors (Lipinski definition) is 0. The predicted octanol–water partition coefficient (Wildman–Crippen LogP) is 4.18. The first kappa shape index (κ1) is 17.1. The molecule has 1 aromatic heterocycles. The molecular formula is C21H23NO3. The lowest BCUT2D eigenvalue weighted by molar-refractivity contribution is 0.243. The minimum atomic E-state index is -0.0126. The van der Waals surface area contributed by atoms with Crippen LogP contribution in [0.15, 0.2) is 59.5 Å². The second-order valence-electron chi connectivity index (χ2n) is 6.39. The van der Waals surface area contributed by atoms with Crippen LogP contribution in [0.2, 0.25) is 0 Å². The number of hydrogen-bond acceptors (Lipinski definition) is 3. The highest BCUT2D eigenvalue weighted by Crippen LogP contribution is 2.19. The molecule has 0 spiro atoms. The van der Waals surface area contributed by atoms with Gasteiger partial charge in [0.15, 0.2) is 0 Å². The summed E-state index contributed by atoms with van der Waals surface area (Å²) in [6, 6.07) is 15.4. The van der Waals surface area contributed by atoms with Crippen molar-refractivity contribution in [3.8, 4) is 11.5 Å². The number of rotatable bonds is 6. The first-order valence-electron chi connectivity index (χ1n) is 8.52. The van der Waals surface area contributed by atoms with E-state index in [0.29, 0.717) is 18.5 Å². The highest BCUT2D eigenvalue weighted by Gasteiger charge is 2.06. The van der Waals surface area contributed by atoms with Crippen molar-refractivity contribution in [1.82, 2.24) is 4.57 Å². The molecule has 3 aromatic rings. The van der Waals surface area contributed by atoms with E-state index >= 15 is 0 Å². The molecule has 1 heterocycles. The Balaban J connectivity index is 1.74. The Labute approximate surface area is 147 Å². The summed E-state index contributed by atoms with van der Waals surface area (Å²) in [7, 11) is 0. The van der Waals surface area contributed by atoms with E-state index in [9.17, 15) is 4.79 Å². The third-order valence-corrected chi connectivity index (χ3v) is 3.91. The minimum absolute atomic E-state index is 0.0126. The van der Waals surface area contributed by atoms with Gasteiger partial charge in [0.2, 0.25) is 0 Å². The average Bonchev–Trinajstić information content (AvgIpc) is 2.56. The van der Waals surface area contributed by atoms with Gasteiger partial charge in [-0.15, -0.1) is 0 Å². The van der Waals surface area contributed by atoms with Crippen molar-refractivity contribution in [2.75, 3.05) is 6.61 Å². The molecule has 0 bridgehead atoms. The van der Waals surface area contributed by atoms with Gasteiger partial charge in [-0.25, -0.2) is 0 Å². The number of aromatic nitrogens is 1. The van der Waals surface area contributed by atoms with Crippen molar-refractivity contribution in [2.45, 2.75) is 33.4 Å². The largest absolute Gasteiger partial charge is 0.492 e. The van der Waals surface area contributed by atoms with Gasteiger partial charge >= 0.3 is 0 Å². The second kappa shape index (κ2) is 7.43. The minimum Gasteiger partial charge on any atom is -0.492 e. The summed E-state index contributed by atoms with van der Waals surface area (Å²) in [6.07, 6.45) is 1.92. The Bertz CT molecular complexity index is 928. The van der Waals surface area contributed by atoms with Crippen molar-refractivity contribution >= 4 is 10.8 Å². The zero-order valence-electron chi connectivity index (χ0n) is 14.9. The number of aryl methyl sites for hydroxylation is 1. The topological polar surface area (TPSA) is 40.5 Å². The molecule has 3 rings (SSSR count). The third kappa shape index (κ3) is 4.21. The van der Waals surface area contributed by atoms with Crippen LogP contribution in [0.3, 0.4) is 0 Å². The summed E-state index contributed by atoms with van der Waals surface area (Å²) in [5, 5.41) is 1.58. The Hall–Kier alpha value is -2.75. The molecule has 0 aliphatic heterocycles. The first-order valence-corrected chi connectivity index (χ1v) is 8.52. The fraction of sp³-hybridized carbons (Fsp3) is 0.286. The van der Waals surface area contributed by atoms with E-state index in [0.717, 1.165) is 22.4 Å². The van der Waals surface area contributed by atoms with E-state index < -0.39 is 0 Å². The zero-order chi connectivity index (χ0) is 17.8. The molecule has 0 saturated carbocycles. The van der Waals surface area contributed by atoms with Gasteiger partial charge in [-0.3, -0.25) is 4.79 Å². The molecule has 0 unspecified atom stereocenters. The zero-order valence-corrected chi connectivity index (χ0v) is 14.9. The van der Waals surface area contributed by atoms with Gasteiger partial charge in [0, 0.05) is 11.6 Å². The molecule has 0 aliphatic carbocycles. The van der Waals surface area contributed by atoms with Crippen LogP contribution in [0.25, 0.3) is 10.8 Å². The molecule has 130 valence electrons. The summed E-state index contributed by atoms with van der Waals surface area (Å²) in [4.78, 5) is 12.6. The molecule has 4 nitrogen and oxygen atoms in total. The average molecular weight is 337 g/mol. The maximum absolute atomic E-state index is 12.6. The lowest BCUT2D eigenvalue weighted by Gasteiger charge is -2.12. The first-order chi connectivity index (χ1) is 12.0. The van der Waals surface area contributed by atoms with Crippen molar-refractivity contribution in [3.05, 3.63) is 70.6 Å². The van der Waals surface area contributed by atoms with E-state index in [2.05, 4.69) is 0 Å². The van der Waals surface area contributed by atoms with Crippen LogP contribution in [0.5, 0.6) is 11.5 Å². The number of benzene rings is 2. The SMILES string of the molecule is Cc1cccc(OCCn2ccc3cc(OC(C)C)ccc3c2=O)c1. The highest BCUT2D eigenvalue weighted by molar-refractivity contribution is 5.82. The van der Waals surface area contributed by atoms with Gasteiger partial charge in [-0.2, -0.15) is 0 Å². The van der Waals surface area contributed by atoms with E-state index in [1.165, 1.54) is 0 Å². The van der Waals surface area contributed by atoms with Crippen molar-refractivity contribution in [2.24, 2.45) is 0 Å². The molecule has 4 heteroatoms. The van der Waals surface area contributed by atoms with Gasteiger partial charge in [-0.1, -0.05) is 12.1 Å². The van der Waals surface area contributed by atoms with Gasteiger partial charge in [0.25, 0.3) is 5.56 Å². The summed E-state index contributed by atoms with van der Waals surface area (Å²) < 4.78 is 13.1. The molecule has 25 heavy (non-hydrogen) atoms. The second-order valence-corrected chi connectivity index (χ2v) is 6.39. The summed E-state index contributed by atoms with van der Waals surface area (Å²) in [6.45, 7) is 6.95. The molecule has 0 amide bonds. The quantitative estimate of drug-likeness (QED) is 0.677. The van der Waals surface area contributed by atoms with Crippen LogP contribution in [-0.4, -0.2) is 17.3 Å². The number of nitrogens with zero attached hydrogens (tertiary/aromatic N) is 1. The molecule has 0 fully saturated rings. The smallest absolute Gasteiger partial charge is 0.258 e. The van der Waals surface area contributed by atoms with Crippen LogP contribution in [0.1, 0.15) is 19.4 Å². The van der Waals surface area contributed by atoms with Crippen LogP contribution >= 0.6 is 0 Å². The normalized spacial score (nSPS) is 11.0. The summed E-state index contributed by atoms with van der Waals surface area (Å²) >= 11 is 0. The predicted molar refractivity (Wildman–Crippen MR) is 101 cm³/mol. The third-order valence-electron chi connectivity index (χ3n) is 3.91. The Morgan fingerprint density at radius 2 is 1.88 bits per heavy atom. The summed E-state index contributed by atoms with van der Waals surface area (Å²) in [5.41, 5.74) is 1.14. The molecule has 0 saturated heterocycles. The van der Waals surface area contributed by atoms with E-state index in [4.69, 9.17) is 9.47 Å². The summed E-state index contributed by atoms with van der Waals surface area (Å²) in [5.74, 6) is 1.60. The highest BCUT2D eigenvalue weighted by atomic mass is 16.5. The Morgan fingerprint density at radius 1 is 1.04 bits per heavy atom. The lowest BCUT2D eigenvalue weighted by atomic mass is 10.1. The van der Waals surface area contributed by atoms with Gasteiger partial charge in [-0.05, 0) is 68.1 Å². The van der Waals surface area contributed by atoms with Gasteiger partial charge in [0.05, 0.1) is 12.6 Å². The maximum atomic E-state index is 12.6. The van der Waals surface area contributed by atoms with Crippen LogP contribution in [0.4, 0.5) is 0 Å². The number of fused-ring (bicyclic) bond motifs is 1. The Kier molecular flexibility index (Phi) is 5.08. The lowest BCUT2D eigenvalue weighted by Crippen LogP contribution is -2.22. The maximum Gasteiger partial charge on any atom is 0.258 e. The van der Waals surface area contributed by atoms with E-state index in [1.807, 2.05) is 75.5 Å². The van der Waals surface area contributed by atoms with E-state index in [1.54, 1.807) is 4.57 Å². The van der Waals surface area contributed by atoms with Crippen molar-refractivity contribution in [1.29, 1.82) is 0 Å². The Morgan fingerprint density at radius 3 is 2.64 bits per heavy atom. The van der Waals surface area contributed by atoms with Crippen LogP contribution in [0, 0.1) is 6.92 Å². The molecule has 0 radical (unpaired) electrons. The number of ether oxygens (including phenoxy) is 2. The van der Waals surface area contributed by atoms with Crippen molar-refractivity contribution in [3.63, 3.8) is 0 Å². The molecule has 2 aromatic carbocycles. The molecule has 0 N–H and O–H groups in total. The van der Waals surface area contributed by atoms with Crippen molar-refractivity contribution < 1.29 is 9.47 Å². The molecule has 0 aliphatic rings. The fourth-order valence-electron chi connectivity index (χ4n) is 2.75. The fourth-order valence-corrected chi connectivity index (χ4v) is 2.75. The monoisotopic (exact) mass is 337 g/mol. The molecule has 0 atom stereocenters. The van der Waals surface area contributed by atoms with E-state index in [-0.39, 0.29) is 11.7 Å². The van der Waals surface area contributed by atoms with Gasteiger partial charge < -0.3 is 14.0 Å². The standard InChI is InChI=1S/C21H23NO3/c1-15(2)25-19-7-8-20-17(14-19)9-10-22(21(20)23)11-12-24-18-6-4-5-16(3)13-18/h4-10,13-15H,11-12H2,1-3H3. The van der Waals surface area contributed by atoms with Crippen LogP contribution < -0.4 is 15.0 Å². The van der Waals surface area contributed by atoms with Gasteiger partial charge in [0.1, 0.15) is 18.1 Å². The molecular weight excluding hydrogens is 314 g/mol. The number of pyridine rings is 1. The van der Waals surface area contributed by atoms with Crippen LogP contribution in [-0.2, 0) is 6.54 Å².